The van der Waals surface area contributed by atoms with Crippen LogP contribution < -0.4 is 0 Å². The molecule has 18 heavy (non-hydrogen) atoms. The summed E-state index contributed by atoms with van der Waals surface area (Å²) < 4.78 is 0. The van der Waals surface area contributed by atoms with Crippen LogP contribution in [0.4, 0.5) is 0 Å². The monoisotopic (exact) mass is 234 g/mol. The molecule has 0 aliphatic heterocycles. The van der Waals surface area contributed by atoms with Crippen LogP contribution in [0.25, 0.3) is 29.0 Å². The van der Waals surface area contributed by atoms with Crippen molar-refractivity contribution in [2.24, 2.45) is 0 Å². The van der Waals surface area contributed by atoms with Crippen LogP contribution in [0, 0.1) is 6.92 Å². The summed E-state index contributed by atoms with van der Waals surface area (Å²) in [6, 6.07) is 8.45. The third kappa shape index (κ3) is 1.80. The Kier molecular flexibility index (Phi) is 3.47. The van der Waals surface area contributed by atoms with Crippen molar-refractivity contribution in [2.45, 2.75) is 13.8 Å². The molecule has 0 heterocycles. The molecule has 0 unspecified atom stereocenters. The highest BCUT2D eigenvalue weighted by Gasteiger charge is 2.10. The van der Waals surface area contributed by atoms with Crippen LogP contribution in [0.15, 0.2) is 43.5 Å². The SMILES string of the molecule is C=Cc1c(C)c(/C=C\C)c2ccccc2c1C=C. The van der Waals surface area contributed by atoms with Crippen molar-refractivity contribution in [3.63, 3.8) is 0 Å². The maximum Gasteiger partial charge on any atom is -0.00994 e. The summed E-state index contributed by atoms with van der Waals surface area (Å²) in [4.78, 5) is 0. The van der Waals surface area contributed by atoms with E-state index in [0.717, 1.165) is 0 Å². The van der Waals surface area contributed by atoms with Crippen LogP contribution in [0.1, 0.15) is 29.2 Å². The van der Waals surface area contributed by atoms with Gasteiger partial charge in [0, 0.05) is 0 Å². The van der Waals surface area contributed by atoms with E-state index >= 15 is 0 Å². The van der Waals surface area contributed by atoms with Gasteiger partial charge in [0.15, 0.2) is 0 Å². The zero-order valence-electron chi connectivity index (χ0n) is 11.0. The first-order valence-electron chi connectivity index (χ1n) is 6.17. The zero-order valence-corrected chi connectivity index (χ0v) is 11.0. The summed E-state index contributed by atoms with van der Waals surface area (Å²) >= 11 is 0. The fraction of sp³-hybridized carbons (Fsp3) is 0.111. The molecule has 0 heteroatoms. The molecule has 0 atom stereocenters. The summed E-state index contributed by atoms with van der Waals surface area (Å²) in [5.41, 5.74) is 4.88. The predicted molar refractivity (Wildman–Crippen MR) is 83.6 cm³/mol. The molecule has 0 aliphatic rings. The molecule has 0 aliphatic carbocycles. The van der Waals surface area contributed by atoms with E-state index in [2.05, 4.69) is 56.5 Å². The second kappa shape index (κ2) is 5.05. The van der Waals surface area contributed by atoms with Crippen molar-refractivity contribution in [3.05, 3.63) is 65.8 Å². The highest BCUT2D eigenvalue weighted by molar-refractivity contribution is 6.00. The molecule has 2 rings (SSSR count). The lowest BCUT2D eigenvalue weighted by atomic mass is 9.89. The molecule has 0 bridgehead atoms. The van der Waals surface area contributed by atoms with Crippen molar-refractivity contribution < 1.29 is 0 Å². The average molecular weight is 234 g/mol. The van der Waals surface area contributed by atoms with E-state index in [1.807, 2.05) is 19.1 Å². The molecule has 0 aromatic heterocycles. The molecule has 0 nitrogen and oxygen atoms in total. The normalized spacial score (nSPS) is 11.0. The minimum Gasteiger partial charge on any atom is -0.0984 e. The first-order chi connectivity index (χ1) is 8.74. The number of benzene rings is 2. The Morgan fingerprint density at radius 1 is 0.889 bits per heavy atom. The van der Waals surface area contributed by atoms with Gasteiger partial charge in [0.25, 0.3) is 0 Å². The number of allylic oxidation sites excluding steroid dienone is 1. The van der Waals surface area contributed by atoms with Crippen molar-refractivity contribution in [2.75, 3.05) is 0 Å². The molecule has 90 valence electrons. The van der Waals surface area contributed by atoms with Crippen LogP contribution >= 0.6 is 0 Å². The molecule has 2 aromatic carbocycles. The molecule has 0 saturated heterocycles. The third-order valence-corrected chi connectivity index (χ3v) is 3.35. The number of fused-ring (bicyclic) bond motifs is 1. The van der Waals surface area contributed by atoms with Gasteiger partial charge in [0.05, 0.1) is 0 Å². The second-order valence-corrected chi connectivity index (χ2v) is 4.32. The van der Waals surface area contributed by atoms with Crippen LogP contribution in [-0.4, -0.2) is 0 Å². The summed E-state index contributed by atoms with van der Waals surface area (Å²) in [5.74, 6) is 0. The highest BCUT2D eigenvalue weighted by atomic mass is 14.1. The average Bonchev–Trinajstić information content (AvgIpc) is 2.41. The largest absolute Gasteiger partial charge is 0.0984 e. The Morgan fingerprint density at radius 3 is 1.94 bits per heavy atom. The van der Waals surface area contributed by atoms with Gasteiger partial charge in [-0.15, -0.1) is 0 Å². The first kappa shape index (κ1) is 12.4. The van der Waals surface area contributed by atoms with Gasteiger partial charge in [-0.05, 0) is 46.9 Å². The summed E-state index contributed by atoms with van der Waals surface area (Å²) in [7, 11) is 0. The molecule has 2 aromatic rings. The molecule has 0 fully saturated rings. The fourth-order valence-corrected chi connectivity index (χ4v) is 2.51. The molecular formula is C18H18. The van der Waals surface area contributed by atoms with Crippen LogP contribution in [0.2, 0.25) is 0 Å². The van der Waals surface area contributed by atoms with E-state index in [4.69, 9.17) is 0 Å². The van der Waals surface area contributed by atoms with Gasteiger partial charge < -0.3 is 0 Å². The van der Waals surface area contributed by atoms with Crippen molar-refractivity contribution in [1.82, 2.24) is 0 Å². The topological polar surface area (TPSA) is 0 Å². The Morgan fingerprint density at radius 2 is 1.44 bits per heavy atom. The Labute approximate surface area is 109 Å². The van der Waals surface area contributed by atoms with Crippen molar-refractivity contribution in [3.8, 4) is 0 Å². The van der Waals surface area contributed by atoms with Gasteiger partial charge in [-0.25, -0.2) is 0 Å². The summed E-state index contributed by atoms with van der Waals surface area (Å²) in [5, 5.41) is 2.51. The van der Waals surface area contributed by atoms with E-state index in [-0.39, 0.29) is 0 Å². The van der Waals surface area contributed by atoms with Gasteiger partial charge in [-0.2, -0.15) is 0 Å². The Hall–Kier alpha value is -2.08. The Balaban J connectivity index is 3.05. The van der Waals surface area contributed by atoms with E-state index < -0.39 is 0 Å². The van der Waals surface area contributed by atoms with Gasteiger partial charge in [-0.1, -0.05) is 61.7 Å². The van der Waals surface area contributed by atoms with E-state index in [1.54, 1.807) is 0 Å². The zero-order chi connectivity index (χ0) is 13.1. The van der Waals surface area contributed by atoms with Gasteiger partial charge in [-0.3, -0.25) is 0 Å². The number of hydrogen-bond acceptors (Lipinski definition) is 0. The van der Waals surface area contributed by atoms with Gasteiger partial charge >= 0.3 is 0 Å². The summed E-state index contributed by atoms with van der Waals surface area (Å²) in [6.45, 7) is 12.1. The second-order valence-electron chi connectivity index (χ2n) is 4.32. The van der Waals surface area contributed by atoms with Crippen LogP contribution in [0.3, 0.4) is 0 Å². The number of hydrogen-bond donors (Lipinski definition) is 0. The number of rotatable bonds is 3. The minimum absolute atomic E-state index is 1.17. The smallest absolute Gasteiger partial charge is 0.00994 e. The van der Waals surface area contributed by atoms with Crippen molar-refractivity contribution >= 4 is 29.0 Å². The Bertz CT molecular complexity index is 643. The lowest BCUT2D eigenvalue weighted by Gasteiger charge is -2.15. The maximum atomic E-state index is 3.94. The third-order valence-electron chi connectivity index (χ3n) is 3.35. The molecule has 0 radical (unpaired) electrons. The van der Waals surface area contributed by atoms with E-state index in [9.17, 15) is 0 Å². The van der Waals surface area contributed by atoms with Crippen molar-refractivity contribution in [1.29, 1.82) is 0 Å². The lowest BCUT2D eigenvalue weighted by Crippen LogP contribution is -1.94. The minimum atomic E-state index is 1.17. The van der Waals surface area contributed by atoms with E-state index in [1.165, 1.54) is 33.0 Å². The molecule has 0 N–H and O–H groups in total. The van der Waals surface area contributed by atoms with E-state index in [0.29, 0.717) is 0 Å². The van der Waals surface area contributed by atoms with Gasteiger partial charge in [0.2, 0.25) is 0 Å². The standard InChI is InChI=1S/C18H18/c1-5-10-16-13(4)14(6-2)15(7-3)17-11-8-9-12-18(16)17/h5-12H,2-3H2,1,4H3/b10-5-. The fourth-order valence-electron chi connectivity index (χ4n) is 2.51. The quantitative estimate of drug-likeness (QED) is 0.660. The highest BCUT2D eigenvalue weighted by Crippen LogP contribution is 2.32. The van der Waals surface area contributed by atoms with Gasteiger partial charge in [0.1, 0.15) is 0 Å². The molecular weight excluding hydrogens is 216 g/mol. The van der Waals surface area contributed by atoms with Crippen LogP contribution in [-0.2, 0) is 0 Å². The maximum absolute atomic E-state index is 3.94. The molecule has 0 saturated carbocycles. The van der Waals surface area contributed by atoms with Crippen LogP contribution in [0.5, 0.6) is 0 Å². The predicted octanol–water partition coefficient (Wildman–Crippen LogP) is 5.47. The molecule has 0 spiro atoms. The lowest BCUT2D eigenvalue weighted by molar-refractivity contribution is 1.44. The molecule has 0 amide bonds. The first-order valence-corrected chi connectivity index (χ1v) is 6.17. The summed E-state index contributed by atoms with van der Waals surface area (Å²) in [6.07, 6.45) is 8.09.